The minimum atomic E-state index is -0.576. The molecule has 0 amide bonds. The molecule has 3 nitrogen and oxygen atoms in total. The van der Waals surface area contributed by atoms with Crippen LogP contribution in [0.5, 0.6) is 0 Å². The fourth-order valence-electron chi connectivity index (χ4n) is 2.84. The lowest BCUT2D eigenvalue weighted by Gasteiger charge is -2.14. The molecule has 0 aromatic heterocycles. The Bertz CT molecular complexity index is 971. The first kappa shape index (κ1) is 22.9. The van der Waals surface area contributed by atoms with Gasteiger partial charge in [-0.15, -0.1) is 23.5 Å². The van der Waals surface area contributed by atoms with Gasteiger partial charge in [-0.25, -0.2) is 4.79 Å². The number of carbonyl (C=O) groups excluding carboxylic acids is 2. The van der Waals surface area contributed by atoms with E-state index in [0.717, 1.165) is 11.1 Å². The first-order valence-electron chi connectivity index (χ1n) is 10.0. The average Bonchev–Trinajstić information content (AvgIpc) is 2.82. The van der Waals surface area contributed by atoms with Gasteiger partial charge in [-0.1, -0.05) is 91.0 Å². The van der Waals surface area contributed by atoms with Gasteiger partial charge in [0.25, 0.3) is 0 Å². The van der Waals surface area contributed by atoms with E-state index in [2.05, 4.69) is 0 Å². The van der Waals surface area contributed by atoms with Crippen molar-refractivity contribution in [1.29, 1.82) is 0 Å². The van der Waals surface area contributed by atoms with E-state index in [1.807, 2.05) is 66.7 Å². The van der Waals surface area contributed by atoms with Crippen molar-refractivity contribution in [2.45, 2.75) is 18.4 Å². The molecule has 3 aromatic carbocycles. The third-order valence-electron chi connectivity index (χ3n) is 4.37. The number of hydrogen-bond donors (Lipinski definition) is 0. The van der Waals surface area contributed by atoms with Crippen LogP contribution in [-0.2, 0) is 21.0 Å². The summed E-state index contributed by atoms with van der Waals surface area (Å²) >= 11 is 3.00. The normalized spacial score (nSPS) is 10.4. The van der Waals surface area contributed by atoms with Gasteiger partial charge >= 0.3 is 5.97 Å². The molecule has 0 atom stereocenters. The Morgan fingerprint density at radius 3 is 1.61 bits per heavy atom. The quantitative estimate of drug-likeness (QED) is 0.116. The lowest BCUT2D eigenvalue weighted by Crippen LogP contribution is -2.17. The summed E-state index contributed by atoms with van der Waals surface area (Å²) in [6, 6.07) is 28.9. The molecule has 0 fully saturated rings. The maximum absolute atomic E-state index is 13.3. The Morgan fingerprint density at radius 1 is 0.710 bits per heavy atom. The van der Waals surface area contributed by atoms with Gasteiger partial charge in [0, 0.05) is 17.1 Å². The van der Waals surface area contributed by atoms with Gasteiger partial charge in [0.05, 0.1) is 10.8 Å². The zero-order chi connectivity index (χ0) is 21.9. The van der Waals surface area contributed by atoms with Crippen molar-refractivity contribution in [3.8, 4) is 0 Å². The van der Waals surface area contributed by atoms with Gasteiger partial charge < -0.3 is 4.74 Å². The summed E-state index contributed by atoms with van der Waals surface area (Å²) in [5.74, 6) is 0.425. The predicted molar refractivity (Wildman–Crippen MR) is 130 cm³/mol. The first-order valence-corrected chi connectivity index (χ1v) is 12.0. The third kappa shape index (κ3) is 6.88. The molecule has 0 unspecified atom stereocenters. The van der Waals surface area contributed by atoms with Gasteiger partial charge in [-0.05, 0) is 18.1 Å². The Morgan fingerprint density at radius 2 is 1.16 bits per heavy atom. The lowest BCUT2D eigenvalue weighted by molar-refractivity contribution is -0.138. The van der Waals surface area contributed by atoms with Crippen LogP contribution in [0, 0.1) is 0 Å². The van der Waals surface area contributed by atoms with Crippen LogP contribution in [0.15, 0.2) is 101 Å². The molecule has 0 saturated carbocycles. The van der Waals surface area contributed by atoms with Crippen molar-refractivity contribution >= 4 is 35.3 Å². The second-order valence-corrected chi connectivity index (χ2v) is 8.86. The highest BCUT2D eigenvalue weighted by molar-refractivity contribution is 8.21. The van der Waals surface area contributed by atoms with Crippen LogP contribution < -0.4 is 0 Å². The molecule has 0 aliphatic rings. The van der Waals surface area contributed by atoms with Crippen molar-refractivity contribution in [3.05, 3.63) is 117 Å². The summed E-state index contributed by atoms with van der Waals surface area (Å²) in [6.07, 6.45) is 0. The number of benzene rings is 3. The number of ether oxygens (including phenoxy) is 1. The van der Waals surface area contributed by atoms with Gasteiger partial charge in [0.15, 0.2) is 0 Å². The lowest BCUT2D eigenvalue weighted by atomic mass is 10.1. The number of ketones is 1. The second-order valence-electron chi connectivity index (χ2n) is 6.63. The van der Waals surface area contributed by atoms with Gasteiger partial charge in [-0.2, -0.15) is 0 Å². The number of esters is 1. The monoisotopic (exact) mass is 448 g/mol. The van der Waals surface area contributed by atoms with Gasteiger partial charge in [0.2, 0.25) is 5.78 Å². The van der Waals surface area contributed by atoms with E-state index in [4.69, 9.17) is 4.74 Å². The van der Waals surface area contributed by atoms with Crippen LogP contribution in [0.3, 0.4) is 0 Å². The summed E-state index contributed by atoms with van der Waals surface area (Å²) in [5.41, 5.74) is 2.83. The van der Waals surface area contributed by atoms with Gasteiger partial charge in [0.1, 0.15) is 5.57 Å². The molecule has 158 valence electrons. The summed E-state index contributed by atoms with van der Waals surface area (Å²) in [4.78, 5) is 26.2. The van der Waals surface area contributed by atoms with E-state index in [-0.39, 0.29) is 18.0 Å². The minimum Gasteiger partial charge on any atom is -0.462 e. The molecule has 3 rings (SSSR count). The van der Waals surface area contributed by atoms with Crippen molar-refractivity contribution in [2.24, 2.45) is 0 Å². The Labute approximate surface area is 191 Å². The molecular weight excluding hydrogens is 424 g/mol. The molecule has 0 aliphatic carbocycles. The molecule has 0 bridgehead atoms. The van der Waals surface area contributed by atoms with E-state index in [1.165, 1.54) is 23.5 Å². The topological polar surface area (TPSA) is 43.4 Å². The van der Waals surface area contributed by atoms with Crippen molar-refractivity contribution in [3.63, 3.8) is 0 Å². The molecule has 0 heterocycles. The zero-order valence-electron chi connectivity index (χ0n) is 17.3. The Kier molecular flexibility index (Phi) is 9.00. The zero-order valence-corrected chi connectivity index (χ0v) is 19.0. The number of thioether (sulfide) groups is 2. The number of carbonyl (C=O) groups is 2. The molecule has 3 aromatic rings. The van der Waals surface area contributed by atoms with Crippen molar-refractivity contribution < 1.29 is 14.3 Å². The Hall–Kier alpha value is -2.76. The SMILES string of the molecule is CCOC(=O)C(C(=O)c1ccccc1)=C(SCc1ccccc1)SCc1ccccc1. The molecule has 0 N–H and O–H groups in total. The van der Waals surface area contributed by atoms with Gasteiger partial charge in [-0.3, -0.25) is 4.79 Å². The Balaban J connectivity index is 1.97. The highest BCUT2D eigenvalue weighted by atomic mass is 32.2. The van der Waals surface area contributed by atoms with Crippen LogP contribution in [0.25, 0.3) is 0 Å². The third-order valence-corrected chi connectivity index (χ3v) is 6.97. The summed E-state index contributed by atoms with van der Waals surface area (Å²) < 4.78 is 5.97. The fraction of sp³-hybridized carbons (Fsp3) is 0.154. The molecule has 31 heavy (non-hydrogen) atoms. The number of Topliss-reactive ketones (excluding diaryl/α,β-unsaturated/α-hetero) is 1. The molecule has 0 aliphatic heterocycles. The maximum Gasteiger partial charge on any atom is 0.343 e. The molecular formula is C26H24O3S2. The highest BCUT2D eigenvalue weighted by Gasteiger charge is 2.26. The van der Waals surface area contributed by atoms with Crippen LogP contribution >= 0.6 is 23.5 Å². The first-order chi connectivity index (χ1) is 15.2. The van der Waals surface area contributed by atoms with Crippen molar-refractivity contribution in [1.82, 2.24) is 0 Å². The molecule has 0 spiro atoms. The number of hydrogen-bond acceptors (Lipinski definition) is 5. The minimum absolute atomic E-state index is 0.106. The largest absolute Gasteiger partial charge is 0.462 e. The summed E-state index contributed by atoms with van der Waals surface area (Å²) in [7, 11) is 0. The van der Waals surface area contributed by atoms with Crippen LogP contribution in [0.1, 0.15) is 28.4 Å². The maximum atomic E-state index is 13.3. The summed E-state index contributed by atoms with van der Waals surface area (Å²) in [5, 5.41) is 0. The fourth-order valence-corrected chi connectivity index (χ4v) is 5.15. The number of rotatable bonds is 10. The smallest absolute Gasteiger partial charge is 0.343 e. The summed E-state index contributed by atoms with van der Waals surface area (Å²) in [6.45, 7) is 1.96. The second kappa shape index (κ2) is 12.2. The van der Waals surface area contributed by atoms with E-state index < -0.39 is 5.97 Å². The molecule has 0 saturated heterocycles. The molecule has 5 heteroatoms. The van der Waals surface area contributed by atoms with Crippen molar-refractivity contribution in [2.75, 3.05) is 6.61 Å². The van der Waals surface area contributed by atoms with Crippen LogP contribution in [0.4, 0.5) is 0 Å². The van der Waals surface area contributed by atoms with E-state index in [1.54, 1.807) is 31.2 Å². The van der Waals surface area contributed by atoms with E-state index in [9.17, 15) is 9.59 Å². The van der Waals surface area contributed by atoms with Crippen LogP contribution in [-0.4, -0.2) is 18.4 Å². The standard InChI is InChI=1S/C26H24O3S2/c1-2-29-25(28)23(24(27)22-16-10-5-11-17-22)26(30-18-20-12-6-3-7-13-20)31-19-21-14-8-4-9-15-21/h3-17H,2,18-19H2,1H3. The predicted octanol–water partition coefficient (Wildman–Crippen LogP) is 6.51. The van der Waals surface area contributed by atoms with E-state index >= 15 is 0 Å². The molecule has 0 radical (unpaired) electrons. The average molecular weight is 449 g/mol. The highest BCUT2D eigenvalue weighted by Crippen LogP contribution is 2.37. The van der Waals surface area contributed by atoms with Crippen LogP contribution in [0.2, 0.25) is 0 Å². The van der Waals surface area contributed by atoms with E-state index in [0.29, 0.717) is 21.3 Å².